The van der Waals surface area contributed by atoms with E-state index in [0.29, 0.717) is 33.5 Å². The molecule has 1 aromatic carbocycles. The van der Waals surface area contributed by atoms with Gasteiger partial charge >= 0.3 is 5.97 Å². The zero-order valence-corrected chi connectivity index (χ0v) is 17.6. The summed E-state index contributed by atoms with van der Waals surface area (Å²) >= 11 is 1.25. The summed E-state index contributed by atoms with van der Waals surface area (Å²) in [4.78, 5) is 26.2. The van der Waals surface area contributed by atoms with E-state index in [1.807, 2.05) is 18.2 Å². The van der Waals surface area contributed by atoms with E-state index in [-0.39, 0.29) is 25.7 Å². The van der Waals surface area contributed by atoms with Crippen LogP contribution in [0.2, 0.25) is 0 Å². The van der Waals surface area contributed by atoms with E-state index in [1.165, 1.54) is 11.3 Å². The van der Waals surface area contributed by atoms with E-state index in [0.717, 1.165) is 16.0 Å². The van der Waals surface area contributed by atoms with Crippen LogP contribution in [-0.2, 0) is 16.0 Å². The van der Waals surface area contributed by atoms with Crippen LogP contribution in [0, 0.1) is 13.8 Å². The Labute approximate surface area is 176 Å². The lowest BCUT2D eigenvalue weighted by atomic mass is 10.1. The predicted molar refractivity (Wildman–Crippen MR) is 110 cm³/mol. The Morgan fingerprint density at radius 3 is 2.73 bits per heavy atom. The molecule has 0 saturated carbocycles. The second kappa shape index (κ2) is 8.19. The maximum atomic E-state index is 12.7. The minimum absolute atomic E-state index is 0.0959. The molecule has 1 aliphatic heterocycles. The first-order chi connectivity index (χ1) is 14.5. The van der Waals surface area contributed by atoms with E-state index in [9.17, 15) is 9.59 Å². The first-order valence-corrected chi connectivity index (χ1v) is 10.2. The van der Waals surface area contributed by atoms with E-state index in [2.05, 4.69) is 10.5 Å². The highest BCUT2D eigenvalue weighted by atomic mass is 32.1. The number of anilines is 1. The highest BCUT2D eigenvalue weighted by molar-refractivity contribution is 7.18. The number of aromatic nitrogens is 1. The average Bonchev–Trinajstić information content (AvgIpc) is 3.43. The highest BCUT2D eigenvalue weighted by Gasteiger charge is 2.22. The molecule has 3 heterocycles. The van der Waals surface area contributed by atoms with E-state index in [1.54, 1.807) is 26.8 Å². The highest BCUT2D eigenvalue weighted by Crippen LogP contribution is 2.40. The monoisotopic (exact) mass is 428 g/mol. The molecule has 8 nitrogen and oxygen atoms in total. The first-order valence-electron chi connectivity index (χ1n) is 9.38. The third-order valence-electron chi connectivity index (χ3n) is 4.64. The van der Waals surface area contributed by atoms with Crippen LogP contribution >= 0.6 is 11.3 Å². The molecule has 1 aliphatic rings. The SMILES string of the molecule is CCOC(=O)c1sc(-c2ccc3c(c2)OCO3)cc1NC(=O)Cc1c(C)noc1C. The molecule has 0 unspecified atom stereocenters. The molecule has 1 amide bonds. The molecule has 0 spiro atoms. The van der Waals surface area contributed by atoms with Crippen molar-refractivity contribution in [1.29, 1.82) is 0 Å². The Balaban J connectivity index is 1.62. The number of carbonyl (C=O) groups excluding carboxylic acids is 2. The topological polar surface area (TPSA) is 99.9 Å². The lowest BCUT2D eigenvalue weighted by molar-refractivity contribution is -0.115. The number of nitrogens with one attached hydrogen (secondary N) is 1. The summed E-state index contributed by atoms with van der Waals surface area (Å²) < 4.78 is 21.1. The molecular formula is C21H20N2O6S. The molecule has 0 fully saturated rings. The van der Waals surface area contributed by atoms with Crippen molar-refractivity contribution in [3.63, 3.8) is 0 Å². The van der Waals surface area contributed by atoms with Gasteiger partial charge < -0.3 is 24.1 Å². The number of rotatable bonds is 6. The number of ether oxygens (including phenoxy) is 3. The van der Waals surface area contributed by atoms with Gasteiger partial charge in [0.25, 0.3) is 0 Å². The molecule has 0 aliphatic carbocycles. The second-order valence-corrected chi connectivity index (χ2v) is 7.72. The molecule has 0 radical (unpaired) electrons. The van der Waals surface area contributed by atoms with Crippen molar-refractivity contribution in [2.24, 2.45) is 0 Å². The fourth-order valence-electron chi connectivity index (χ4n) is 3.13. The van der Waals surface area contributed by atoms with Crippen molar-refractivity contribution in [2.75, 3.05) is 18.7 Å². The molecule has 0 bridgehead atoms. The number of carbonyl (C=O) groups is 2. The van der Waals surface area contributed by atoms with Gasteiger partial charge in [0, 0.05) is 10.4 Å². The number of fused-ring (bicyclic) bond motifs is 1. The standard InChI is InChI=1S/C21H20N2O6S/c1-4-26-21(25)20-15(22-19(24)8-14-11(2)23-29-12(14)3)9-18(30-20)13-5-6-16-17(7-13)28-10-27-16/h5-7,9H,4,8,10H2,1-3H3,(H,22,24). The molecule has 0 atom stereocenters. The normalized spacial score (nSPS) is 12.1. The Morgan fingerprint density at radius 2 is 2.00 bits per heavy atom. The van der Waals surface area contributed by atoms with E-state index in [4.69, 9.17) is 18.7 Å². The van der Waals surface area contributed by atoms with Crippen LogP contribution in [0.1, 0.15) is 33.6 Å². The van der Waals surface area contributed by atoms with Crippen molar-refractivity contribution in [3.8, 4) is 21.9 Å². The Bertz CT molecular complexity index is 1100. The van der Waals surface area contributed by atoms with Gasteiger partial charge in [-0.2, -0.15) is 0 Å². The van der Waals surface area contributed by atoms with Gasteiger partial charge in [-0.3, -0.25) is 4.79 Å². The van der Waals surface area contributed by atoms with Crippen LogP contribution in [0.15, 0.2) is 28.8 Å². The van der Waals surface area contributed by atoms with Crippen molar-refractivity contribution < 1.29 is 28.3 Å². The number of amides is 1. The van der Waals surface area contributed by atoms with Crippen molar-refractivity contribution in [3.05, 3.63) is 46.2 Å². The van der Waals surface area contributed by atoms with Gasteiger partial charge in [-0.05, 0) is 50.6 Å². The predicted octanol–water partition coefficient (Wildman–Crippen LogP) is 4.11. The zero-order chi connectivity index (χ0) is 21.3. The molecule has 1 N–H and O–H groups in total. The van der Waals surface area contributed by atoms with Crippen LogP contribution in [0.4, 0.5) is 5.69 Å². The van der Waals surface area contributed by atoms with Crippen LogP contribution in [0.5, 0.6) is 11.5 Å². The van der Waals surface area contributed by atoms with Crippen LogP contribution in [0.25, 0.3) is 10.4 Å². The average molecular weight is 428 g/mol. The lowest BCUT2D eigenvalue weighted by Gasteiger charge is -2.06. The first kappa shape index (κ1) is 20.0. The number of hydrogen-bond donors (Lipinski definition) is 1. The lowest BCUT2D eigenvalue weighted by Crippen LogP contribution is -2.17. The van der Waals surface area contributed by atoms with Gasteiger partial charge in [-0.15, -0.1) is 11.3 Å². The summed E-state index contributed by atoms with van der Waals surface area (Å²) in [5.41, 5.74) is 2.65. The van der Waals surface area contributed by atoms with Gasteiger partial charge in [0.15, 0.2) is 11.5 Å². The van der Waals surface area contributed by atoms with Gasteiger partial charge in [0.05, 0.1) is 24.4 Å². The summed E-state index contributed by atoms with van der Waals surface area (Å²) in [6.07, 6.45) is 0.0959. The van der Waals surface area contributed by atoms with Gasteiger partial charge in [0.2, 0.25) is 12.7 Å². The fourth-order valence-corrected chi connectivity index (χ4v) is 4.14. The molecule has 0 saturated heterocycles. The number of nitrogens with zero attached hydrogens (tertiary/aromatic N) is 1. The largest absolute Gasteiger partial charge is 0.462 e. The number of esters is 1. The summed E-state index contributed by atoms with van der Waals surface area (Å²) in [6.45, 7) is 5.70. The minimum Gasteiger partial charge on any atom is -0.462 e. The summed E-state index contributed by atoms with van der Waals surface area (Å²) in [7, 11) is 0. The fraction of sp³-hybridized carbons (Fsp3) is 0.286. The molecule has 2 aromatic heterocycles. The smallest absolute Gasteiger partial charge is 0.350 e. The Kier molecular flexibility index (Phi) is 5.45. The van der Waals surface area contributed by atoms with Gasteiger partial charge in [-0.25, -0.2) is 4.79 Å². The number of aryl methyl sites for hydroxylation is 2. The van der Waals surface area contributed by atoms with Crippen LogP contribution in [-0.4, -0.2) is 30.4 Å². The molecule has 3 aromatic rings. The maximum Gasteiger partial charge on any atom is 0.350 e. The minimum atomic E-state index is -0.484. The van der Waals surface area contributed by atoms with Gasteiger partial charge in [-0.1, -0.05) is 5.16 Å². The third-order valence-corrected chi connectivity index (χ3v) is 5.81. The van der Waals surface area contributed by atoms with Crippen molar-refractivity contribution in [1.82, 2.24) is 5.16 Å². The quantitative estimate of drug-likeness (QED) is 0.590. The van der Waals surface area contributed by atoms with Gasteiger partial charge in [0.1, 0.15) is 10.6 Å². The molecular weight excluding hydrogens is 408 g/mol. The summed E-state index contributed by atoms with van der Waals surface area (Å²) in [6, 6.07) is 7.30. The summed E-state index contributed by atoms with van der Waals surface area (Å²) in [5, 5.41) is 6.70. The van der Waals surface area contributed by atoms with Crippen molar-refractivity contribution >= 4 is 28.9 Å². The second-order valence-electron chi connectivity index (χ2n) is 6.67. The Morgan fingerprint density at radius 1 is 1.20 bits per heavy atom. The van der Waals surface area contributed by atoms with Crippen molar-refractivity contribution in [2.45, 2.75) is 27.2 Å². The molecule has 156 valence electrons. The van der Waals surface area contributed by atoms with Crippen LogP contribution < -0.4 is 14.8 Å². The van der Waals surface area contributed by atoms with E-state index < -0.39 is 5.97 Å². The molecule has 9 heteroatoms. The van der Waals surface area contributed by atoms with E-state index >= 15 is 0 Å². The molecule has 4 rings (SSSR count). The third kappa shape index (κ3) is 3.88. The zero-order valence-electron chi connectivity index (χ0n) is 16.7. The number of benzene rings is 1. The summed E-state index contributed by atoms with van der Waals surface area (Å²) in [5.74, 6) is 1.16. The number of thiophene rings is 1. The maximum absolute atomic E-state index is 12.7. The van der Waals surface area contributed by atoms with Crippen LogP contribution in [0.3, 0.4) is 0 Å². The number of hydrogen-bond acceptors (Lipinski definition) is 8. The Hall–Kier alpha value is -3.33. The molecule has 30 heavy (non-hydrogen) atoms.